The van der Waals surface area contributed by atoms with Crippen molar-refractivity contribution in [1.82, 2.24) is 0 Å². The van der Waals surface area contributed by atoms with Crippen LogP contribution in [-0.2, 0) is 4.79 Å². The van der Waals surface area contributed by atoms with Crippen LogP contribution in [0.15, 0.2) is 42.5 Å². The van der Waals surface area contributed by atoms with Gasteiger partial charge in [0, 0.05) is 11.3 Å². The van der Waals surface area contributed by atoms with Gasteiger partial charge in [0.1, 0.15) is 0 Å². The maximum atomic E-state index is 11.1. The minimum Gasteiger partial charge on any atom is -0.322 e. The first kappa shape index (κ1) is 12.4. The maximum Gasteiger partial charge on any atom is 0.250 e. The van der Waals surface area contributed by atoms with Crippen molar-refractivity contribution in [3.8, 4) is 0 Å². The van der Waals surface area contributed by atoms with Crippen molar-refractivity contribution < 1.29 is 4.79 Å². The number of nitrogens with one attached hydrogen (secondary N) is 1. The average molecular weight is 191 g/mol. The number of anilines is 1. The van der Waals surface area contributed by atoms with Crippen molar-refractivity contribution >= 4 is 11.6 Å². The van der Waals surface area contributed by atoms with Gasteiger partial charge in [-0.15, -0.1) is 0 Å². The van der Waals surface area contributed by atoms with Gasteiger partial charge in [-0.3, -0.25) is 4.79 Å². The first-order valence-electron chi connectivity index (χ1n) is 4.72. The molecule has 1 rings (SSSR count). The van der Waals surface area contributed by atoms with E-state index in [0.717, 1.165) is 5.69 Å². The van der Waals surface area contributed by atoms with Crippen molar-refractivity contribution in [2.45, 2.75) is 20.8 Å². The zero-order valence-electron chi connectivity index (χ0n) is 9.00. The highest BCUT2D eigenvalue weighted by atomic mass is 16.1. The van der Waals surface area contributed by atoms with Crippen molar-refractivity contribution in [1.29, 1.82) is 0 Å². The van der Waals surface area contributed by atoms with Gasteiger partial charge in [0.15, 0.2) is 0 Å². The van der Waals surface area contributed by atoms with E-state index in [1.54, 1.807) is 6.92 Å². The maximum absolute atomic E-state index is 11.1. The van der Waals surface area contributed by atoms with Gasteiger partial charge < -0.3 is 5.32 Å². The monoisotopic (exact) mass is 191 g/mol. The Balaban J connectivity index is 0.000000791. The molecule has 76 valence electrons. The van der Waals surface area contributed by atoms with E-state index in [0.29, 0.717) is 5.57 Å². The van der Waals surface area contributed by atoms with Gasteiger partial charge in [-0.2, -0.15) is 0 Å². The SMILES string of the molecule is C=C(C)C(=O)Nc1ccccc1.CC. The fraction of sp³-hybridized carbons (Fsp3) is 0.250. The Bertz CT molecular complexity index is 290. The van der Waals surface area contributed by atoms with Crippen molar-refractivity contribution in [3.63, 3.8) is 0 Å². The molecule has 0 aliphatic carbocycles. The highest BCUT2D eigenvalue weighted by Gasteiger charge is 2.00. The minimum absolute atomic E-state index is 0.138. The van der Waals surface area contributed by atoms with Crippen molar-refractivity contribution in [3.05, 3.63) is 42.5 Å². The van der Waals surface area contributed by atoms with E-state index in [1.807, 2.05) is 44.2 Å². The molecule has 0 spiro atoms. The molecule has 1 aromatic rings. The molecule has 0 unspecified atom stereocenters. The quantitative estimate of drug-likeness (QED) is 0.714. The fourth-order valence-electron chi connectivity index (χ4n) is 0.759. The summed E-state index contributed by atoms with van der Waals surface area (Å²) in [6.07, 6.45) is 0. The van der Waals surface area contributed by atoms with Gasteiger partial charge in [0.25, 0.3) is 5.91 Å². The molecule has 1 aromatic carbocycles. The van der Waals surface area contributed by atoms with Crippen LogP contribution in [-0.4, -0.2) is 5.91 Å². The summed E-state index contributed by atoms with van der Waals surface area (Å²) in [6, 6.07) is 9.31. The van der Waals surface area contributed by atoms with Crippen LogP contribution in [0.4, 0.5) is 5.69 Å². The van der Waals surface area contributed by atoms with Crippen LogP contribution in [0.2, 0.25) is 0 Å². The van der Waals surface area contributed by atoms with Crippen LogP contribution in [0.1, 0.15) is 20.8 Å². The van der Waals surface area contributed by atoms with E-state index in [4.69, 9.17) is 0 Å². The Labute approximate surface area is 85.6 Å². The number of para-hydroxylation sites is 1. The lowest BCUT2D eigenvalue weighted by molar-refractivity contribution is -0.112. The summed E-state index contributed by atoms with van der Waals surface area (Å²) in [5.74, 6) is -0.138. The molecule has 0 heterocycles. The Kier molecular flexibility index (Phi) is 6.12. The van der Waals surface area contributed by atoms with Crippen molar-refractivity contribution in [2.75, 3.05) is 5.32 Å². The second kappa shape index (κ2) is 6.89. The number of amides is 1. The third-order valence-electron chi connectivity index (χ3n) is 1.42. The molecule has 0 aliphatic rings. The molecule has 1 N–H and O–H groups in total. The Morgan fingerprint density at radius 2 is 1.71 bits per heavy atom. The molecule has 0 bridgehead atoms. The topological polar surface area (TPSA) is 29.1 Å². The Hall–Kier alpha value is -1.57. The minimum atomic E-state index is -0.138. The van der Waals surface area contributed by atoms with Crippen LogP contribution in [0.5, 0.6) is 0 Å². The van der Waals surface area contributed by atoms with Crippen molar-refractivity contribution in [2.24, 2.45) is 0 Å². The largest absolute Gasteiger partial charge is 0.322 e. The number of rotatable bonds is 2. The molecular formula is C12H17NO. The lowest BCUT2D eigenvalue weighted by atomic mass is 10.3. The average Bonchev–Trinajstić information content (AvgIpc) is 2.22. The molecule has 0 atom stereocenters. The summed E-state index contributed by atoms with van der Waals surface area (Å²) in [7, 11) is 0. The Morgan fingerprint density at radius 1 is 1.21 bits per heavy atom. The molecule has 0 radical (unpaired) electrons. The number of hydrogen-bond acceptors (Lipinski definition) is 1. The molecule has 0 fully saturated rings. The number of hydrogen-bond donors (Lipinski definition) is 1. The van der Waals surface area contributed by atoms with Crippen LogP contribution < -0.4 is 5.32 Å². The predicted octanol–water partition coefficient (Wildman–Crippen LogP) is 3.23. The standard InChI is InChI=1S/C10H11NO.C2H6/c1-8(2)10(12)11-9-6-4-3-5-7-9;1-2/h3-7H,1H2,2H3,(H,11,12);1-2H3. The molecule has 1 amide bonds. The smallest absolute Gasteiger partial charge is 0.250 e. The van der Waals surface area contributed by atoms with Gasteiger partial charge in [-0.1, -0.05) is 38.6 Å². The van der Waals surface area contributed by atoms with Crippen LogP contribution in [0.25, 0.3) is 0 Å². The third-order valence-corrected chi connectivity index (χ3v) is 1.42. The van der Waals surface area contributed by atoms with E-state index in [-0.39, 0.29) is 5.91 Å². The summed E-state index contributed by atoms with van der Waals surface area (Å²) in [4.78, 5) is 11.1. The third kappa shape index (κ3) is 4.45. The van der Waals surface area contributed by atoms with Gasteiger partial charge in [-0.05, 0) is 19.1 Å². The van der Waals surface area contributed by atoms with Gasteiger partial charge in [-0.25, -0.2) is 0 Å². The van der Waals surface area contributed by atoms with E-state index in [9.17, 15) is 4.79 Å². The highest BCUT2D eigenvalue weighted by Crippen LogP contribution is 2.05. The van der Waals surface area contributed by atoms with Crippen LogP contribution in [0.3, 0.4) is 0 Å². The normalized spacial score (nSPS) is 8.21. The number of carbonyl (C=O) groups excluding carboxylic acids is 1. The first-order valence-corrected chi connectivity index (χ1v) is 4.72. The first-order chi connectivity index (χ1) is 6.70. The fourth-order valence-corrected chi connectivity index (χ4v) is 0.759. The molecule has 0 aromatic heterocycles. The molecule has 2 nitrogen and oxygen atoms in total. The van der Waals surface area contributed by atoms with E-state index in [2.05, 4.69) is 11.9 Å². The zero-order chi connectivity index (χ0) is 11.0. The second-order valence-electron chi connectivity index (χ2n) is 2.60. The van der Waals surface area contributed by atoms with E-state index in [1.165, 1.54) is 0 Å². The molecule has 0 saturated heterocycles. The van der Waals surface area contributed by atoms with Gasteiger partial charge in [0.05, 0.1) is 0 Å². The predicted molar refractivity (Wildman–Crippen MR) is 61.2 cm³/mol. The van der Waals surface area contributed by atoms with Gasteiger partial charge in [0.2, 0.25) is 0 Å². The lowest BCUT2D eigenvalue weighted by Crippen LogP contribution is -2.11. The summed E-state index contributed by atoms with van der Waals surface area (Å²) in [5, 5.41) is 2.70. The summed E-state index contributed by atoms with van der Waals surface area (Å²) in [6.45, 7) is 9.22. The number of benzene rings is 1. The molecule has 0 aliphatic heterocycles. The second-order valence-corrected chi connectivity index (χ2v) is 2.60. The van der Waals surface area contributed by atoms with Crippen LogP contribution >= 0.6 is 0 Å². The van der Waals surface area contributed by atoms with Crippen LogP contribution in [0, 0.1) is 0 Å². The molecular weight excluding hydrogens is 174 g/mol. The molecule has 0 saturated carbocycles. The zero-order valence-corrected chi connectivity index (χ0v) is 9.00. The number of carbonyl (C=O) groups is 1. The van der Waals surface area contributed by atoms with E-state index < -0.39 is 0 Å². The Morgan fingerprint density at radius 3 is 2.14 bits per heavy atom. The summed E-state index contributed by atoms with van der Waals surface area (Å²) >= 11 is 0. The molecule has 2 heteroatoms. The van der Waals surface area contributed by atoms with Gasteiger partial charge >= 0.3 is 0 Å². The lowest BCUT2D eigenvalue weighted by Gasteiger charge is -2.02. The summed E-state index contributed by atoms with van der Waals surface area (Å²) < 4.78 is 0. The summed E-state index contributed by atoms with van der Waals surface area (Å²) in [5.41, 5.74) is 1.31. The van der Waals surface area contributed by atoms with E-state index >= 15 is 0 Å². The highest BCUT2D eigenvalue weighted by molar-refractivity contribution is 6.02. The molecule has 14 heavy (non-hydrogen) atoms.